The van der Waals surface area contributed by atoms with Crippen LogP contribution in [0.2, 0.25) is 10.0 Å². The molecule has 19 heavy (non-hydrogen) atoms. The van der Waals surface area contributed by atoms with Crippen molar-refractivity contribution in [3.63, 3.8) is 0 Å². The number of nitrogens with two attached hydrogens (primary N) is 1. The Bertz CT molecular complexity index is 599. The molecule has 4 nitrogen and oxygen atoms in total. The van der Waals surface area contributed by atoms with Crippen molar-refractivity contribution < 1.29 is 4.52 Å². The molecule has 0 spiro atoms. The Balaban J connectivity index is 1.86. The molecule has 6 heteroatoms. The van der Waals surface area contributed by atoms with E-state index >= 15 is 0 Å². The first-order chi connectivity index (χ1) is 9.13. The predicted octanol–water partition coefficient (Wildman–Crippen LogP) is 3.64. The number of aromatic nitrogens is 2. The molecule has 0 saturated heterocycles. The van der Waals surface area contributed by atoms with Gasteiger partial charge >= 0.3 is 0 Å². The van der Waals surface area contributed by atoms with Gasteiger partial charge in [-0.15, -0.1) is 0 Å². The lowest BCUT2D eigenvalue weighted by Gasteiger charge is -2.01. The standard InChI is InChI=1S/C13H13Cl2N3O/c14-10-4-2-7(6-11(10)15)12-17-13(19-18-12)8-1-3-9(16)5-8/h2,4,6,8-9H,1,3,5,16H2. The van der Waals surface area contributed by atoms with Crippen LogP contribution in [-0.2, 0) is 0 Å². The summed E-state index contributed by atoms with van der Waals surface area (Å²) in [6, 6.07) is 5.52. The van der Waals surface area contributed by atoms with Crippen molar-refractivity contribution >= 4 is 23.2 Å². The minimum absolute atomic E-state index is 0.241. The fourth-order valence-electron chi connectivity index (χ4n) is 2.39. The highest BCUT2D eigenvalue weighted by atomic mass is 35.5. The molecular formula is C13H13Cl2N3O. The Morgan fingerprint density at radius 2 is 2.05 bits per heavy atom. The number of rotatable bonds is 2. The van der Waals surface area contributed by atoms with Gasteiger partial charge in [-0.2, -0.15) is 4.98 Å². The molecule has 1 aromatic carbocycles. The van der Waals surface area contributed by atoms with Gasteiger partial charge in [0.2, 0.25) is 11.7 Å². The lowest BCUT2D eigenvalue weighted by atomic mass is 10.1. The summed E-state index contributed by atoms with van der Waals surface area (Å²) in [5, 5.41) is 4.99. The van der Waals surface area contributed by atoms with Gasteiger partial charge in [0.1, 0.15) is 0 Å². The van der Waals surface area contributed by atoms with E-state index in [1.165, 1.54) is 0 Å². The largest absolute Gasteiger partial charge is 0.339 e. The number of nitrogens with zero attached hydrogens (tertiary/aromatic N) is 2. The van der Waals surface area contributed by atoms with Crippen molar-refractivity contribution in [1.82, 2.24) is 10.1 Å². The van der Waals surface area contributed by atoms with Gasteiger partial charge in [-0.3, -0.25) is 0 Å². The molecule has 1 heterocycles. The summed E-state index contributed by atoms with van der Waals surface area (Å²) in [6.45, 7) is 0. The van der Waals surface area contributed by atoms with Crippen molar-refractivity contribution in [2.75, 3.05) is 0 Å². The first-order valence-corrected chi connectivity index (χ1v) is 6.93. The SMILES string of the molecule is NC1CCC(c2nc(-c3ccc(Cl)c(Cl)c3)no2)C1. The van der Waals surface area contributed by atoms with Crippen LogP contribution in [0, 0.1) is 0 Å². The molecule has 0 aliphatic heterocycles. The van der Waals surface area contributed by atoms with Crippen LogP contribution >= 0.6 is 23.2 Å². The van der Waals surface area contributed by atoms with Gasteiger partial charge in [-0.05, 0) is 37.5 Å². The first-order valence-electron chi connectivity index (χ1n) is 6.18. The minimum atomic E-state index is 0.241. The average molecular weight is 298 g/mol. The van der Waals surface area contributed by atoms with Gasteiger partial charge in [-0.1, -0.05) is 28.4 Å². The second-order valence-corrected chi connectivity index (χ2v) is 5.67. The van der Waals surface area contributed by atoms with Crippen LogP contribution in [0.3, 0.4) is 0 Å². The Labute approximate surface area is 120 Å². The van der Waals surface area contributed by atoms with Gasteiger partial charge in [0.05, 0.1) is 10.0 Å². The zero-order valence-corrected chi connectivity index (χ0v) is 11.7. The van der Waals surface area contributed by atoms with E-state index in [1.807, 2.05) is 6.07 Å². The van der Waals surface area contributed by atoms with E-state index in [-0.39, 0.29) is 12.0 Å². The third-order valence-corrected chi connectivity index (χ3v) is 4.18. The number of halogens is 2. The van der Waals surface area contributed by atoms with E-state index in [9.17, 15) is 0 Å². The van der Waals surface area contributed by atoms with Crippen LogP contribution < -0.4 is 5.73 Å². The molecule has 2 atom stereocenters. The summed E-state index contributed by atoms with van der Waals surface area (Å²) in [7, 11) is 0. The van der Waals surface area contributed by atoms with E-state index in [4.69, 9.17) is 33.5 Å². The topological polar surface area (TPSA) is 64.9 Å². The average Bonchev–Trinajstić information content (AvgIpc) is 3.01. The lowest BCUT2D eigenvalue weighted by Crippen LogP contribution is -2.14. The zero-order valence-electron chi connectivity index (χ0n) is 10.1. The quantitative estimate of drug-likeness (QED) is 0.919. The highest BCUT2D eigenvalue weighted by molar-refractivity contribution is 6.42. The number of hydrogen-bond acceptors (Lipinski definition) is 4. The van der Waals surface area contributed by atoms with Crippen LogP contribution in [0.4, 0.5) is 0 Å². The summed E-state index contributed by atoms with van der Waals surface area (Å²) in [5.74, 6) is 1.47. The summed E-state index contributed by atoms with van der Waals surface area (Å²) in [6.07, 6.45) is 2.92. The fourth-order valence-corrected chi connectivity index (χ4v) is 2.69. The molecule has 1 aliphatic carbocycles. The van der Waals surface area contributed by atoms with Crippen LogP contribution in [0.1, 0.15) is 31.1 Å². The molecule has 0 amide bonds. The lowest BCUT2D eigenvalue weighted by molar-refractivity contribution is 0.353. The molecule has 0 bridgehead atoms. The summed E-state index contributed by atoms with van der Waals surface area (Å²) in [5.41, 5.74) is 6.69. The highest BCUT2D eigenvalue weighted by Gasteiger charge is 2.28. The molecule has 2 unspecified atom stereocenters. The Hall–Kier alpha value is -1.10. The molecular weight excluding hydrogens is 285 g/mol. The van der Waals surface area contributed by atoms with Crippen molar-refractivity contribution in [1.29, 1.82) is 0 Å². The Morgan fingerprint density at radius 1 is 1.21 bits per heavy atom. The molecule has 2 aromatic rings. The van der Waals surface area contributed by atoms with Crippen LogP contribution in [-0.4, -0.2) is 16.2 Å². The van der Waals surface area contributed by atoms with Crippen LogP contribution in [0.5, 0.6) is 0 Å². The molecule has 2 N–H and O–H groups in total. The van der Waals surface area contributed by atoms with Crippen molar-refractivity contribution in [3.05, 3.63) is 34.1 Å². The van der Waals surface area contributed by atoms with Crippen molar-refractivity contribution in [2.45, 2.75) is 31.2 Å². The van der Waals surface area contributed by atoms with Gasteiger partial charge in [0, 0.05) is 17.5 Å². The summed E-state index contributed by atoms with van der Waals surface area (Å²) in [4.78, 5) is 4.43. The molecule has 1 fully saturated rings. The maximum atomic E-state index is 5.98. The molecule has 1 aromatic heterocycles. The van der Waals surface area contributed by atoms with E-state index in [1.54, 1.807) is 12.1 Å². The first kappa shape index (κ1) is 12.9. The molecule has 1 aliphatic rings. The molecule has 0 radical (unpaired) electrons. The second-order valence-electron chi connectivity index (χ2n) is 4.86. The van der Waals surface area contributed by atoms with Crippen LogP contribution in [0.25, 0.3) is 11.4 Å². The monoisotopic (exact) mass is 297 g/mol. The van der Waals surface area contributed by atoms with E-state index in [2.05, 4.69) is 10.1 Å². The van der Waals surface area contributed by atoms with Gasteiger partial charge < -0.3 is 10.3 Å². The molecule has 3 rings (SSSR count). The zero-order chi connectivity index (χ0) is 13.4. The molecule has 1 saturated carbocycles. The predicted molar refractivity (Wildman–Crippen MR) is 74.3 cm³/mol. The van der Waals surface area contributed by atoms with E-state index in [0.29, 0.717) is 21.8 Å². The molecule has 100 valence electrons. The van der Waals surface area contributed by atoms with Gasteiger partial charge in [0.25, 0.3) is 0 Å². The number of benzene rings is 1. The third kappa shape index (κ3) is 2.61. The normalized spacial score (nSPS) is 22.9. The number of hydrogen-bond donors (Lipinski definition) is 1. The fraction of sp³-hybridized carbons (Fsp3) is 0.385. The van der Waals surface area contributed by atoms with E-state index < -0.39 is 0 Å². The maximum Gasteiger partial charge on any atom is 0.230 e. The second kappa shape index (κ2) is 5.12. The Morgan fingerprint density at radius 3 is 2.74 bits per heavy atom. The van der Waals surface area contributed by atoms with Crippen molar-refractivity contribution in [2.24, 2.45) is 5.73 Å². The summed E-state index contributed by atoms with van der Waals surface area (Å²) >= 11 is 11.9. The third-order valence-electron chi connectivity index (χ3n) is 3.44. The van der Waals surface area contributed by atoms with E-state index in [0.717, 1.165) is 24.8 Å². The van der Waals surface area contributed by atoms with Gasteiger partial charge in [-0.25, -0.2) is 0 Å². The Kier molecular flexibility index (Phi) is 3.48. The van der Waals surface area contributed by atoms with Crippen LogP contribution in [0.15, 0.2) is 22.7 Å². The minimum Gasteiger partial charge on any atom is -0.339 e. The highest BCUT2D eigenvalue weighted by Crippen LogP contribution is 2.34. The summed E-state index contributed by atoms with van der Waals surface area (Å²) < 4.78 is 5.33. The van der Waals surface area contributed by atoms with Gasteiger partial charge in [0.15, 0.2) is 0 Å². The maximum absolute atomic E-state index is 5.98. The smallest absolute Gasteiger partial charge is 0.230 e. The van der Waals surface area contributed by atoms with Crippen molar-refractivity contribution in [3.8, 4) is 11.4 Å².